The van der Waals surface area contributed by atoms with E-state index in [4.69, 9.17) is 0 Å². The van der Waals surface area contributed by atoms with E-state index in [-0.39, 0.29) is 0 Å². The Morgan fingerprint density at radius 2 is 2.41 bits per heavy atom. The third-order valence-corrected chi connectivity index (χ3v) is 3.18. The summed E-state index contributed by atoms with van der Waals surface area (Å²) in [6, 6.07) is 4.57. The van der Waals surface area contributed by atoms with Gasteiger partial charge in [0, 0.05) is 19.2 Å². The van der Waals surface area contributed by atoms with Crippen LogP contribution in [0.5, 0.6) is 0 Å². The lowest BCUT2D eigenvalue weighted by molar-refractivity contribution is 0.521. The first kappa shape index (κ1) is 10.4. The molecule has 88 valence electrons. The molecule has 1 aliphatic rings. The van der Waals surface area contributed by atoms with E-state index < -0.39 is 0 Å². The fourth-order valence-corrected chi connectivity index (χ4v) is 2.33. The molecule has 2 aromatic rings. The average molecular weight is 229 g/mol. The van der Waals surface area contributed by atoms with Crippen LogP contribution in [0.3, 0.4) is 0 Å². The molecule has 0 spiro atoms. The third kappa shape index (κ3) is 2.19. The number of aryl methyl sites for hydroxylation is 1. The van der Waals surface area contributed by atoms with Crippen LogP contribution in [0.1, 0.15) is 29.5 Å². The summed E-state index contributed by atoms with van der Waals surface area (Å²) in [5.41, 5.74) is 2.59. The van der Waals surface area contributed by atoms with Crippen molar-refractivity contribution in [2.45, 2.75) is 25.3 Å². The van der Waals surface area contributed by atoms with Crippen LogP contribution in [0, 0.1) is 0 Å². The number of H-pyrrole nitrogens is 1. The Balaban J connectivity index is 1.57. The standard InChI is InChI=1S/C12H15N5/c1-2-9-3-4-10(12(9)14-6-1)13-7-5-11-15-8-16-17-11/h1-2,6,8,10,13H,3-5,7H2,(H,15,16,17). The van der Waals surface area contributed by atoms with E-state index >= 15 is 0 Å². The summed E-state index contributed by atoms with van der Waals surface area (Å²) in [5, 5.41) is 10.2. The van der Waals surface area contributed by atoms with E-state index in [1.807, 2.05) is 12.3 Å². The lowest BCUT2D eigenvalue weighted by Gasteiger charge is -2.12. The number of rotatable bonds is 4. The van der Waals surface area contributed by atoms with Crippen LogP contribution in [0.25, 0.3) is 0 Å². The first-order valence-corrected chi connectivity index (χ1v) is 5.95. The van der Waals surface area contributed by atoms with Crippen molar-refractivity contribution in [3.05, 3.63) is 41.7 Å². The maximum atomic E-state index is 4.46. The topological polar surface area (TPSA) is 66.5 Å². The summed E-state index contributed by atoms with van der Waals surface area (Å²) in [5.74, 6) is 0.928. The molecule has 1 aliphatic carbocycles. The van der Waals surface area contributed by atoms with Gasteiger partial charge in [-0.15, -0.1) is 0 Å². The predicted octanol–water partition coefficient (Wildman–Crippen LogP) is 1.02. The average Bonchev–Trinajstić information content (AvgIpc) is 2.99. The van der Waals surface area contributed by atoms with Crippen LogP contribution >= 0.6 is 0 Å². The fraction of sp³-hybridized carbons (Fsp3) is 0.417. The van der Waals surface area contributed by atoms with Crippen LogP contribution in [-0.4, -0.2) is 26.7 Å². The molecule has 2 aromatic heterocycles. The minimum absolute atomic E-state index is 0.397. The molecule has 1 unspecified atom stereocenters. The Bertz CT molecular complexity index is 479. The molecule has 0 saturated carbocycles. The summed E-state index contributed by atoms with van der Waals surface area (Å²) in [6.45, 7) is 0.899. The Labute approximate surface area is 99.7 Å². The van der Waals surface area contributed by atoms with E-state index in [2.05, 4.69) is 31.5 Å². The molecule has 0 fully saturated rings. The summed E-state index contributed by atoms with van der Waals surface area (Å²) >= 11 is 0. The molecule has 5 heteroatoms. The van der Waals surface area contributed by atoms with Gasteiger partial charge in [0.1, 0.15) is 12.2 Å². The molecule has 0 saturated heterocycles. The van der Waals surface area contributed by atoms with Crippen LogP contribution in [0.4, 0.5) is 0 Å². The Morgan fingerprint density at radius 3 is 3.29 bits per heavy atom. The number of hydrogen-bond acceptors (Lipinski definition) is 4. The zero-order chi connectivity index (χ0) is 11.5. The highest BCUT2D eigenvalue weighted by atomic mass is 15.2. The molecule has 1 atom stereocenters. The molecule has 3 rings (SSSR count). The normalized spacial score (nSPS) is 18.2. The molecule has 0 aromatic carbocycles. The van der Waals surface area contributed by atoms with Crippen LogP contribution in [-0.2, 0) is 12.8 Å². The van der Waals surface area contributed by atoms with Crippen molar-refractivity contribution >= 4 is 0 Å². The van der Waals surface area contributed by atoms with Gasteiger partial charge in [-0.05, 0) is 24.5 Å². The highest BCUT2D eigenvalue weighted by Crippen LogP contribution is 2.28. The number of aromatic nitrogens is 4. The van der Waals surface area contributed by atoms with Crippen molar-refractivity contribution in [2.75, 3.05) is 6.54 Å². The molecule has 0 amide bonds. The Morgan fingerprint density at radius 1 is 1.41 bits per heavy atom. The van der Waals surface area contributed by atoms with Gasteiger partial charge in [0.25, 0.3) is 0 Å². The molecule has 0 radical (unpaired) electrons. The lowest BCUT2D eigenvalue weighted by Crippen LogP contribution is -2.22. The van der Waals surface area contributed by atoms with Gasteiger partial charge in [0.05, 0.1) is 11.7 Å². The van der Waals surface area contributed by atoms with E-state index in [0.29, 0.717) is 6.04 Å². The van der Waals surface area contributed by atoms with E-state index in [1.54, 1.807) is 6.33 Å². The van der Waals surface area contributed by atoms with Crippen molar-refractivity contribution in [3.63, 3.8) is 0 Å². The minimum atomic E-state index is 0.397. The molecule has 5 nitrogen and oxygen atoms in total. The second kappa shape index (κ2) is 4.63. The molecule has 0 bridgehead atoms. The maximum Gasteiger partial charge on any atom is 0.137 e. The van der Waals surface area contributed by atoms with Gasteiger partial charge in [0.2, 0.25) is 0 Å². The van der Waals surface area contributed by atoms with Gasteiger partial charge in [-0.1, -0.05) is 6.07 Å². The van der Waals surface area contributed by atoms with Gasteiger partial charge in [-0.25, -0.2) is 4.98 Å². The number of hydrogen-bond donors (Lipinski definition) is 2. The van der Waals surface area contributed by atoms with Gasteiger partial charge in [-0.2, -0.15) is 5.10 Å². The zero-order valence-corrected chi connectivity index (χ0v) is 9.56. The van der Waals surface area contributed by atoms with Crippen LogP contribution < -0.4 is 5.32 Å². The number of nitrogens with one attached hydrogen (secondary N) is 2. The van der Waals surface area contributed by atoms with Gasteiger partial charge >= 0.3 is 0 Å². The van der Waals surface area contributed by atoms with Crippen molar-refractivity contribution in [2.24, 2.45) is 0 Å². The quantitative estimate of drug-likeness (QED) is 0.821. The first-order valence-electron chi connectivity index (χ1n) is 5.95. The Hall–Kier alpha value is -1.75. The summed E-state index contributed by atoms with van der Waals surface area (Å²) in [4.78, 5) is 8.56. The summed E-state index contributed by atoms with van der Waals surface area (Å²) in [6.07, 6.45) is 6.56. The van der Waals surface area contributed by atoms with E-state index in [0.717, 1.165) is 31.6 Å². The predicted molar refractivity (Wildman–Crippen MR) is 63.4 cm³/mol. The smallest absolute Gasteiger partial charge is 0.137 e. The number of pyridine rings is 1. The number of nitrogens with zero attached hydrogens (tertiary/aromatic N) is 3. The minimum Gasteiger partial charge on any atom is -0.308 e. The molecule has 0 aliphatic heterocycles. The summed E-state index contributed by atoms with van der Waals surface area (Å²) in [7, 11) is 0. The maximum absolute atomic E-state index is 4.46. The monoisotopic (exact) mass is 229 g/mol. The van der Waals surface area contributed by atoms with Crippen molar-refractivity contribution in [1.82, 2.24) is 25.5 Å². The van der Waals surface area contributed by atoms with Crippen LogP contribution in [0.2, 0.25) is 0 Å². The number of aromatic amines is 1. The second-order valence-electron chi connectivity index (χ2n) is 4.28. The SMILES string of the molecule is c1cnc2c(c1)CCC2NCCc1ncn[nH]1. The van der Waals surface area contributed by atoms with E-state index in [9.17, 15) is 0 Å². The molecule has 17 heavy (non-hydrogen) atoms. The first-order chi connectivity index (χ1) is 8.43. The fourth-order valence-electron chi connectivity index (χ4n) is 2.33. The van der Waals surface area contributed by atoms with Crippen molar-refractivity contribution in [1.29, 1.82) is 0 Å². The Kier molecular flexibility index (Phi) is 2.83. The molecule has 2 N–H and O–H groups in total. The number of fused-ring (bicyclic) bond motifs is 1. The van der Waals surface area contributed by atoms with Crippen LogP contribution in [0.15, 0.2) is 24.7 Å². The van der Waals surface area contributed by atoms with Crippen molar-refractivity contribution < 1.29 is 0 Å². The second-order valence-corrected chi connectivity index (χ2v) is 4.28. The highest BCUT2D eigenvalue weighted by molar-refractivity contribution is 5.27. The molecular weight excluding hydrogens is 214 g/mol. The lowest BCUT2D eigenvalue weighted by atomic mass is 10.2. The molecular formula is C12H15N5. The van der Waals surface area contributed by atoms with Gasteiger partial charge in [-0.3, -0.25) is 10.1 Å². The van der Waals surface area contributed by atoms with Crippen molar-refractivity contribution in [3.8, 4) is 0 Å². The summed E-state index contributed by atoms with van der Waals surface area (Å²) < 4.78 is 0. The van der Waals surface area contributed by atoms with Gasteiger partial charge < -0.3 is 5.32 Å². The molecule has 2 heterocycles. The van der Waals surface area contributed by atoms with E-state index in [1.165, 1.54) is 11.3 Å². The largest absolute Gasteiger partial charge is 0.308 e. The zero-order valence-electron chi connectivity index (χ0n) is 9.56. The van der Waals surface area contributed by atoms with Gasteiger partial charge in [0.15, 0.2) is 0 Å². The third-order valence-electron chi connectivity index (χ3n) is 3.18. The highest BCUT2D eigenvalue weighted by Gasteiger charge is 2.22.